The number of amides is 1. The lowest BCUT2D eigenvalue weighted by atomic mass is 10.2. The number of carbonyl (C=O) groups excluding carboxylic acids is 1. The van der Waals surface area contributed by atoms with Gasteiger partial charge in [-0.2, -0.15) is 0 Å². The van der Waals surface area contributed by atoms with Gasteiger partial charge in [0.15, 0.2) is 0 Å². The monoisotopic (exact) mass is 358 g/mol. The van der Waals surface area contributed by atoms with E-state index >= 15 is 0 Å². The van der Waals surface area contributed by atoms with Crippen LogP contribution < -0.4 is 11.1 Å². The van der Waals surface area contributed by atoms with E-state index in [1.54, 1.807) is 36.4 Å². The first-order chi connectivity index (χ1) is 8.99. The molecule has 3 nitrogen and oxygen atoms in total. The average molecular weight is 360 g/mol. The van der Waals surface area contributed by atoms with Gasteiger partial charge in [0.1, 0.15) is 0 Å². The molecule has 0 saturated carbocycles. The zero-order chi connectivity index (χ0) is 14.0. The first kappa shape index (κ1) is 14.2. The van der Waals surface area contributed by atoms with Crippen molar-refractivity contribution in [1.29, 1.82) is 0 Å². The van der Waals surface area contributed by atoms with Gasteiger partial charge in [-0.1, -0.05) is 45.2 Å². The number of carbonyl (C=O) groups is 1. The Kier molecular flexibility index (Phi) is 4.34. The van der Waals surface area contributed by atoms with Crippen LogP contribution in [0.25, 0.3) is 0 Å². The fourth-order valence-electron chi connectivity index (χ4n) is 1.51. The fraction of sp³-hybridized carbons (Fsp3) is 0. The van der Waals surface area contributed by atoms with Crippen molar-refractivity contribution in [2.45, 2.75) is 0 Å². The lowest BCUT2D eigenvalue weighted by Crippen LogP contribution is -2.13. The van der Waals surface area contributed by atoms with Gasteiger partial charge in [-0.05, 0) is 30.3 Å². The maximum absolute atomic E-state index is 12.1. The molecule has 0 aliphatic carbocycles. The van der Waals surface area contributed by atoms with E-state index < -0.39 is 0 Å². The third kappa shape index (κ3) is 3.21. The smallest absolute Gasteiger partial charge is 0.257 e. The van der Waals surface area contributed by atoms with E-state index in [1.165, 1.54) is 0 Å². The molecule has 0 radical (unpaired) electrons. The molecule has 0 fully saturated rings. The summed E-state index contributed by atoms with van der Waals surface area (Å²) in [5, 5.41) is 3.36. The summed E-state index contributed by atoms with van der Waals surface area (Å²) in [6, 6.07) is 10.1. The molecule has 0 saturated heterocycles. The number of anilines is 2. The van der Waals surface area contributed by atoms with Gasteiger partial charge in [-0.15, -0.1) is 0 Å². The summed E-state index contributed by atoms with van der Waals surface area (Å²) in [7, 11) is 0. The van der Waals surface area contributed by atoms with E-state index in [0.29, 0.717) is 22.0 Å². The largest absolute Gasteiger partial charge is 0.398 e. The number of halogens is 3. The molecule has 0 unspecified atom stereocenters. The second-order valence-electron chi connectivity index (χ2n) is 3.79. The van der Waals surface area contributed by atoms with E-state index in [0.717, 1.165) is 4.47 Å². The summed E-state index contributed by atoms with van der Waals surface area (Å²) in [4.78, 5) is 12.1. The molecular formula is C13H9BrCl2N2O. The summed E-state index contributed by atoms with van der Waals surface area (Å²) in [5.74, 6) is -0.364. The minimum Gasteiger partial charge on any atom is -0.398 e. The Hall–Kier alpha value is -1.23. The third-order valence-corrected chi connectivity index (χ3v) is 3.69. The molecule has 0 bridgehead atoms. The van der Waals surface area contributed by atoms with Gasteiger partial charge in [0, 0.05) is 4.47 Å². The van der Waals surface area contributed by atoms with E-state index in [1.807, 2.05) is 0 Å². The zero-order valence-corrected chi connectivity index (χ0v) is 12.7. The highest BCUT2D eigenvalue weighted by Gasteiger charge is 2.13. The Morgan fingerprint density at radius 3 is 2.68 bits per heavy atom. The number of hydrogen-bond donors (Lipinski definition) is 2. The maximum atomic E-state index is 12.1. The van der Waals surface area contributed by atoms with Crippen molar-refractivity contribution in [2.24, 2.45) is 0 Å². The molecule has 2 aromatic rings. The molecule has 2 aromatic carbocycles. The molecular weight excluding hydrogens is 351 g/mol. The quantitative estimate of drug-likeness (QED) is 0.770. The van der Waals surface area contributed by atoms with Crippen molar-refractivity contribution in [3.8, 4) is 0 Å². The summed E-state index contributed by atoms with van der Waals surface area (Å²) >= 11 is 15.3. The molecule has 0 aromatic heterocycles. The van der Waals surface area contributed by atoms with Crippen LogP contribution in [0.4, 0.5) is 11.4 Å². The molecule has 2 rings (SSSR count). The van der Waals surface area contributed by atoms with E-state index in [2.05, 4.69) is 21.2 Å². The minimum atomic E-state index is -0.364. The lowest BCUT2D eigenvalue weighted by molar-refractivity contribution is 0.102. The second-order valence-corrected chi connectivity index (χ2v) is 5.49. The molecule has 0 aliphatic heterocycles. The van der Waals surface area contributed by atoms with Gasteiger partial charge in [-0.25, -0.2) is 0 Å². The molecule has 0 atom stereocenters. The molecule has 19 heavy (non-hydrogen) atoms. The number of benzene rings is 2. The fourth-order valence-corrected chi connectivity index (χ4v) is 2.25. The highest BCUT2D eigenvalue weighted by Crippen LogP contribution is 2.28. The van der Waals surface area contributed by atoms with Crippen LogP contribution in [0.2, 0.25) is 10.0 Å². The Morgan fingerprint density at radius 1 is 1.21 bits per heavy atom. The van der Waals surface area contributed by atoms with Gasteiger partial charge in [0.25, 0.3) is 5.91 Å². The van der Waals surface area contributed by atoms with Crippen LogP contribution in [0.15, 0.2) is 40.9 Å². The van der Waals surface area contributed by atoms with E-state index in [9.17, 15) is 4.79 Å². The summed E-state index contributed by atoms with van der Waals surface area (Å²) in [6.45, 7) is 0. The zero-order valence-electron chi connectivity index (χ0n) is 9.58. The summed E-state index contributed by atoms with van der Waals surface area (Å²) < 4.78 is 0.811. The first-order valence-corrected chi connectivity index (χ1v) is 6.84. The topological polar surface area (TPSA) is 55.1 Å². The molecule has 98 valence electrons. The second kappa shape index (κ2) is 5.82. The molecule has 0 aliphatic rings. The van der Waals surface area contributed by atoms with Crippen molar-refractivity contribution < 1.29 is 4.79 Å². The predicted molar refractivity (Wildman–Crippen MR) is 83.0 cm³/mol. The number of rotatable bonds is 2. The van der Waals surface area contributed by atoms with Gasteiger partial charge >= 0.3 is 0 Å². The number of nitrogens with two attached hydrogens (primary N) is 1. The van der Waals surface area contributed by atoms with Crippen LogP contribution in [-0.2, 0) is 0 Å². The summed E-state index contributed by atoms with van der Waals surface area (Å²) in [5.41, 5.74) is 6.82. The van der Waals surface area contributed by atoms with Gasteiger partial charge in [0.2, 0.25) is 0 Å². The third-order valence-electron chi connectivity index (χ3n) is 2.45. The molecule has 1 amide bonds. The van der Waals surface area contributed by atoms with Crippen molar-refractivity contribution in [1.82, 2.24) is 0 Å². The van der Waals surface area contributed by atoms with E-state index in [4.69, 9.17) is 28.9 Å². The van der Waals surface area contributed by atoms with Crippen LogP contribution in [0.1, 0.15) is 10.4 Å². The average Bonchev–Trinajstić information content (AvgIpc) is 2.37. The van der Waals surface area contributed by atoms with Crippen LogP contribution in [0.5, 0.6) is 0 Å². The Labute approximate surface area is 128 Å². The number of hydrogen-bond acceptors (Lipinski definition) is 2. The lowest BCUT2D eigenvalue weighted by Gasteiger charge is -2.09. The van der Waals surface area contributed by atoms with Gasteiger partial charge < -0.3 is 11.1 Å². The summed E-state index contributed by atoms with van der Waals surface area (Å²) in [6.07, 6.45) is 0. The van der Waals surface area contributed by atoms with Crippen LogP contribution in [-0.4, -0.2) is 5.91 Å². The molecule has 3 N–H and O–H groups in total. The standard InChI is InChI=1S/C13H9BrCl2N2O/c14-7-4-5-9(15)11(6-7)18-13(19)8-2-1-3-10(17)12(8)16/h1-6H,17H2,(H,18,19). The van der Waals surface area contributed by atoms with E-state index in [-0.39, 0.29) is 10.9 Å². The Balaban J connectivity index is 2.31. The molecule has 6 heteroatoms. The normalized spacial score (nSPS) is 10.3. The van der Waals surface area contributed by atoms with Gasteiger partial charge in [-0.3, -0.25) is 4.79 Å². The van der Waals surface area contributed by atoms with Crippen molar-refractivity contribution in [3.63, 3.8) is 0 Å². The Morgan fingerprint density at radius 2 is 1.95 bits per heavy atom. The number of nitrogen functional groups attached to an aromatic ring is 1. The van der Waals surface area contributed by atoms with Gasteiger partial charge in [0.05, 0.1) is 27.0 Å². The molecule has 0 spiro atoms. The van der Waals surface area contributed by atoms with Crippen molar-refractivity contribution in [3.05, 3.63) is 56.5 Å². The van der Waals surface area contributed by atoms with Crippen LogP contribution >= 0.6 is 39.1 Å². The van der Waals surface area contributed by atoms with Crippen molar-refractivity contribution in [2.75, 3.05) is 11.1 Å². The number of nitrogens with one attached hydrogen (secondary N) is 1. The molecule has 0 heterocycles. The highest BCUT2D eigenvalue weighted by molar-refractivity contribution is 9.10. The highest BCUT2D eigenvalue weighted by atomic mass is 79.9. The minimum absolute atomic E-state index is 0.228. The van der Waals surface area contributed by atoms with Crippen LogP contribution in [0.3, 0.4) is 0 Å². The van der Waals surface area contributed by atoms with Crippen LogP contribution in [0, 0.1) is 0 Å². The maximum Gasteiger partial charge on any atom is 0.257 e. The SMILES string of the molecule is Nc1cccc(C(=O)Nc2cc(Br)ccc2Cl)c1Cl. The first-order valence-electron chi connectivity index (χ1n) is 5.29. The van der Waals surface area contributed by atoms with Crippen molar-refractivity contribution >= 4 is 56.4 Å². The Bertz CT molecular complexity index is 647. The predicted octanol–water partition coefficient (Wildman–Crippen LogP) is 4.59.